The molecule has 2 nitrogen and oxygen atoms in total. The van der Waals surface area contributed by atoms with Gasteiger partial charge in [0.15, 0.2) is 0 Å². The molecule has 4 aliphatic carbocycles. The molecule has 0 aliphatic heterocycles. The largest absolute Gasteiger partial charge is 0.306 e. The molecule has 21 heavy (non-hydrogen) atoms. The van der Waals surface area contributed by atoms with E-state index in [9.17, 15) is 0 Å². The summed E-state index contributed by atoms with van der Waals surface area (Å²) in [5.41, 5.74) is 3.34. The predicted molar refractivity (Wildman–Crippen MR) is 83.4 cm³/mol. The van der Waals surface area contributed by atoms with Gasteiger partial charge in [0.1, 0.15) is 0 Å². The highest BCUT2D eigenvalue weighted by molar-refractivity contribution is 5.38. The van der Waals surface area contributed by atoms with Crippen LogP contribution in [-0.2, 0) is 5.41 Å². The highest BCUT2D eigenvalue weighted by Crippen LogP contribution is 2.60. The lowest BCUT2D eigenvalue weighted by Crippen LogP contribution is -2.48. The van der Waals surface area contributed by atoms with Gasteiger partial charge in [-0.05, 0) is 79.4 Å². The van der Waals surface area contributed by atoms with Crippen molar-refractivity contribution in [1.29, 1.82) is 0 Å². The summed E-state index contributed by atoms with van der Waals surface area (Å²) in [5.74, 6) is 3.05. The van der Waals surface area contributed by atoms with E-state index in [1.807, 2.05) is 18.7 Å². The van der Waals surface area contributed by atoms with Crippen LogP contribution in [0.2, 0.25) is 0 Å². The summed E-state index contributed by atoms with van der Waals surface area (Å²) in [5, 5.41) is 0. The van der Waals surface area contributed by atoms with E-state index in [1.54, 1.807) is 5.56 Å². The fraction of sp³-hybridized carbons (Fsp3) is 0.526. The van der Waals surface area contributed by atoms with Crippen molar-refractivity contribution in [2.75, 3.05) is 0 Å². The van der Waals surface area contributed by atoms with Crippen LogP contribution in [0.5, 0.6) is 0 Å². The molecule has 0 atom stereocenters. The summed E-state index contributed by atoms with van der Waals surface area (Å²) in [6.45, 7) is 0. The number of aromatic nitrogens is 2. The van der Waals surface area contributed by atoms with E-state index in [0.29, 0.717) is 5.41 Å². The minimum atomic E-state index is 0.516. The third-order valence-corrected chi connectivity index (χ3v) is 6.32. The van der Waals surface area contributed by atoms with Gasteiger partial charge in [0.2, 0.25) is 0 Å². The topological polar surface area (TPSA) is 17.8 Å². The van der Waals surface area contributed by atoms with Gasteiger partial charge in [-0.15, -0.1) is 0 Å². The summed E-state index contributed by atoms with van der Waals surface area (Å²) >= 11 is 0. The normalized spacial score (nSPS) is 37.0. The zero-order valence-electron chi connectivity index (χ0n) is 12.4. The van der Waals surface area contributed by atoms with Crippen LogP contribution in [0.1, 0.15) is 44.1 Å². The van der Waals surface area contributed by atoms with Gasteiger partial charge in [-0.25, -0.2) is 4.98 Å². The summed E-state index contributed by atoms with van der Waals surface area (Å²) in [6.07, 6.45) is 14.6. The van der Waals surface area contributed by atoms with E-state index >= 15 is 0 Å². The zero-order valence-corrected chi connectivity index (χ0v) is 12.4. The lowest BCUT2D eigenvalue weighted by molar-refractivity contribution is -0.00518. The van der Waals surface area contributed by atoms with Gasteiger partial charge >= 0.3 is 0 Å². The maximum atomic E-state index is 4.14. The number of hydrogen-bond acceptors (Lipinski definition) is 1. The third-order valence-electron chi connectivity index (χ3n) is 6.32. The second-order valence-corrected chi connectivity index (χ2v) is 7.71. The predicted octanol–water partition coefficient (Wildman–Crippen LogP) is 4.34. The monoisotopic (exact) mass is 278 g/mol. The molecule has 6 rings (SSSR count). The molecule has 4 aliphatic rings. The first-order chi connectivity index (χ1) is 10.3. The van der Waals surface area contributed by atoms with Crippen molar-refractivity contribution in [2.45, 2.75) is 43.9 Å². The average Bonchev–Trinajstić information content (AvgIpc) is 3.00. The lowest BCUT2D eigenvalue weighted by atomic mass is 9.48. The van der Waals surface area contributed by atoms with Crippen molar-refractivity contribution in [1.82, 2.24) is 9.55 Å². The van der Waals surface area contributed by atoms with Crippen LogP contribution in [-0.4, -0.2) is 9.55 Å². The zero-order chi connectivity index (χ0) is 13.9. The molecule has 0 amide bonds. The molecule has 2 aromatic rings. The highest BCUT2D eigenvalue weighted by Gasteiger charge is 2.51. The van der Waals surface area contributed by atoms with Crippen LogP contribution < -0.4 is 0 Å². The van der Waals surface area contributed by atoms with Crippen molar-refractivity contribution >= 4 is 0 Å². The second kappa shape index (κ2) is 4.22. The van der Waals surface area contributed by atoms with Crippen LogP contribution in [0.15, 0.2) is 43.0 Å². The molecular weight excluding hydrogens is 256 g/mol. The van der Waals surface area contributed by atoms with Crippen LogP contribution in [0.3, 0.4) is 0 Å². The number of hydrogen-bond donors (Lipinski definition) is 0. The molecule has 0 saturated heterocycles. The molecule has 108 valence electrons. The van der Waals surface area contributed by atoms with Gasteiger partial charge < -0.3 is 4.57 Å². The summed E-state index contributed by atoms with van der Waals surface area (Å²) in [7, 11) is 0. The Balaban J connectivity index is 1.50. The van der Waals surface area contributed by atoms with Crippen molar-refractivity contribution < 1.29 is 0 Å². The Bertz CT molecular complexity index is 603. The summed E-state index contributed by atoms with van der Waals surface area (Å²) in [4.78, 5) is 4.14. The molecule has 0 unspecified atom stereocenters. The summed E-state index contributed by atoms with van der Waals surface area (Å²) < 4.78 is 2.09. The smallest absolute Gasteiger partial charge is 0.0991 e. The number of nitrogens with zero attached hydrogens (tertiary/aromatic N) is 2. The Morgan fingerprint density at radius 2 is 1.52 bits per heavy atom. The van der Waals surface area contributed by atoms with E-state index in [1.165, 1.54) is 44.2 Å². The van der Waals surface area contributed by atoms with Gasteiger partial charge in [0, 0.05) is 18.1 Å². The number of rotatable bonds is 2. The van der Waals surface area contributed by atoms with Crippen molar-refractivity contribution in [2.24, 2.45) is 17.8 Å². The molecular formula is C19H22N2. The van der Waals surface area contributed by atoms with E-state index in [0.717, 1.165) is 17.8 Å². The number of benzene rings is 1. The molecule has 4 fully saturated rings. The fourth-order valence-corrected chi connectivity index (χ4v) is 5.86. The molecule has 2 heteroatoms. The van der Waals surface area contributed by atoms with E-state index < -0.39 is 0 Å². The molecule has 4 bridgehead atoms. The average molecular weight is 278 g/mol. The number of imidazole rings is 1. The Morgan fingerprint density at radius 1 is 0.905 bits per heavy atom. The van der Waals surface area contributed by atoms with Crippen LogP contribution in [0, 0.1) is 17.8 Å². The minimum Gasteiger partial charge on any atom is -0.306 e. The lowest BCUT2D eigenvalue weighted by Gasteiger charge is -2.57. The minimum absolute atomic E-state index is 0.516. The Hall–Kier alpha value is -1.57. The molecule has 1 aromatic carbocycles. The fourth-order valence-electron chi connectivity index (χ4n) is 5.86. The van der Waals surface area contributed by atoms with Gasteiger partial charge in [0.25, 0.3) is 0 Å². The molecule has 0 radical (unpaired) electrons. The molecule has 0 spiro atoms. The molecule has 0 N–H and O–H groups in total. The third kappa shape index (κ3) is 1.81. The van der Waals surface area contributed by atoms with E-state index in [-0.39, 0.29) is 0 Å². The van der Waals surface area contributed by atoms with Crippen molar-refractivity contribution in [3.63, 3.8) is 0 Å². The van der Waals surface area contributed by atoms with E-state index in [4.69, 9.17) is 0 Å². The Kier molecular flexibility index (Phi) is 2.42. The van der Waals surface area contributed by atoms with Crippen molar-refractivity contribution in [3.05, 3.63) is 48.5 Å². The van der Waals surface area contributed by atoms with Gasteiger partial charge in [-0.2, -0.15) is 0 Å². The first-order valence-corrected chi connectivity index (χ1v) is 8.40. The van der Waals surface area contributed by atoms with Crippen LogP contribution >= 0.6 is 0 Å². The maximum absolute atomic E-state index is 4.14. The molecule has 4 saturated carbocycles. The van der Waals surface area contributed by atoms with Crippen LogP contribution in [0.4, 0.5) is 0 Å². The maximum Gasteiger partial charge on any atom is 0.0991 e. The standard InChI is InChI=1S/C19H22N2/c1-3-18(21-6-5-20-13-21)4-2-17(1)19-10-14-7-15(11-19)9-16(8-14)12-19/h1-6,13-16H,7-12H2. The summed E-state index contributed by atoms with van der Waals surface area (Å²) in [6, 6.07) is 9.33. The quantitative estimate of drug-likeness (QED) is 0.799. The first kappa shape index (κ1) is 12.0. The SMILES string of the molecule is c1cn(-c2ccc(C34CC5CC(CC(C5)C3)C4)cc2)cn1. The first-order valence-electron chi connectivity index (χ1n) is 8.40. The van der Waals surface area contributed by atoms with Gasteiger partial charge in [-0.1, -0.05) is 12.1 Å². The van der Waals surface area contributed by atoms with Crippen molar-refractivity contribution in [3.8, 4) is 5.69 Å². The molecule has 1 aromatic heterocycles. The van der Waals surface area contributed by atoms with Crippen LogP contribution in [0.25, 0.3) is 5.69 Å². The van der Waals surface area contributed by atoms with Gasteiger partial charge in [0.05, 0.1) is 6.33 Å². The van der Waals surface area contributed by atoms with E-state index in [2.05, 4.69) is 33.8 Å². The highest BCUT2D eigenvalue weighted by atomic mass is 15.0. The Labute approximate surface area is 126 Å². The van der Waals surface area contributed by atoms with Gasteiger partial charge in [-0.3, -0.25) is 0 Å². The molecule has 1 heterocycles. The Morgan fingerprint density at radius 3 is 2.05 bits per heavy atom. The second-order valence-electron chi connectivity index (χ2n) is 7.71.